The highest BCUT2D eigenvalue weighted by Crippen LogP contribution is 2.47. The number of benzene rings is 1. The van der Waals surface area contributed by atoms with Gasteiger partial charge in [-0.25, -0.2) is 4.98 Å². The summed E-state index contributed by atoms with van der Waals surface area (Å²) in [5.74, 6) is 3.49. The molecule has 3 aliphatic rings. The molecule has 4 heterocycles. The van der Waals surface area contributed by atoms with Crippen LogP contribution in [0.3, 0.4) is 0 Å². The number of alkyl halides is 1. The van der Waals surface area contributed by atoms with Crippen LogP contribution >= 0.6 is 0 Å². The van der Waals surface area contributed by atoms with Gasteiger partial charge in [0.1, 0.15) is 11.6 Å². The fourth-order valence-electron chi connectivity index (χ4n) is 4.92. The van der Waals surface area contributed by atoms with E-state index in [4.69, 9.17) is 16.1 Å². The number of hydrogen-bond donors (Lipinski definition) is 1. The molecule has 0 radical (unpaired) electrons. The molecule has 1 aromatic carbocycles. The summed E-state index contributed by atoms with van der Waals surface area (Å²) in [6.07, 6.45) is 9.48. The number of nitrogens with zero attached hydrogens (tertiary/aromatic N) is 2. The Balaban J connectivity index is 1.70. The first kappa shape index (κ1) is 20.8. The maximum absolute atomic E-state index is 12.4. The van der Waals surface area contributed by atoms with Gasteiger partial charge in [-0.3, -0.25) is 9.29 Å². The van der Waals surface area contributed by atoms with E-state index in [1.165, 1.54) is 0 Å². The van der Waals surface area contributed by atoms with Gasteiger partial charge < -0.3 is 9.84 Å². The van der Waals surface area contributed by atoms with Gasteiger partial charge in [0.05, 0.1) is 19.0 Å². The Bertz CT molecular complexity index is 890. The number of rotatable bonds is 8. The van der Waals surface area contributed by atoms with E-state index in [1.54, 1.807) is 0 Å². The number of ether oxygens (including phenoxy) is 1. The number of halogens is 1. The highest BCUT2D eigenvalue weighted by Gasteiger charge is 2.54. The van der Waals surface area contributed by atoms with Gasteiger partial charge in [0.2, 0.25) is 5.88 Å². The van der Waals surface area contributed by atoms with Crippen molar-refractivity contribution >= 4 is 0 Å². The summed E-state index contributed by atoms with van der Waals surface area (Å²) >= 11 is 0. The lowest BCUT2D eigenvalue weighted by Crippen LogP contribution is -2.63. The number of terminal acetylenes is 1. The van der Waals surface area contributed by atoms with Crippen molar-refractivity contribution in [2.24, 2.45) is 5.92 Å². The van der Waals surface area contributed by atoms with Crippen molar-refractivity contribution in [2.75, 3.05) is 26.4 Å². The molecule has 5 rings (SSSR count). The normalized spacial score (nSPS) is 27.6. The molecule has 5 heteroatoms. The van der Waals surface area contributed by atoms with Crippen LogP contribution in [0.15, 0.2) is 42.5 Å². The number of aliphatic hydroxyl groups is 1. The molecule has 1 aromatic heterocycles. The summed E-state index contributed by atoms with van der Waals surface area (Å²) in [4.78, 5) is 6.99. The third-order valence-electron chi connectivity index (χ3n) is 6.46. The number of piperidine rings is 3. The van der Waals surface area contributed by atoms with Gasteiger partial charge in [0.15, 0.2) is 0 Å². The van der Waals surface area contributed by atoms with Crippen LogP contribution in [0.5, 0.6) is 5.88 Å². The smallest absolute Gasteiger partial charge is 0.213 e. The maximum atomic E-state index is 12.4. The molecule has 3 saturated heterocycles. The van der Waals surface area contributed by atoms with Crippen molar-refractivity contribution < 1.29 is 14.2 Å². The molecule has 0 spiro atoms. The van der Waals surface area contributed by atoms with Gasteiger partial charge in [0.25, 0.3) is 0 Å². The van der Waals surface area contributed by atoms with Crippen molar-refractivity contribution in [3.63, 3.8) is 0 Å². The average Bonchev–Trinajstić information content (AvgIpc) is 2.78. The molecule has 4 nitrogen and oxygen atoms in total. The zero-order valence-corrected chi connectivity index (χ0v) is 17.3. The summed E-state index contributed by atoms with van der Waals surface area (Å²) in [7, 11) is 0. The second-order valence-corrected chi connectivity index (χ2v) is 8.26. The molecule has 30 heavy (non-hydrogen) atoms. The van der Waals surface area contributed by atoms with Gasteiger partial charge in [-0.15, -0.1) is 6.42 Å². The Kier molecular flexibility index (Phi) is 6.36. The van der Waals surface area contributed by atoms with Gasteiger partial charge in [0, 0.05) is 18.1 Å². The van der Waals surface area contributed by atoms with Crippen LogP contribution in [-0.4, -0.2) is 47.4 Å². The molecule has 0 saturated carbocycles. The number of pyridine rings is 1. The van der Waals surface area contributed by atoms with E-state index < -0.39 is 5.60 Å². The predicted molar refractivity (Wildman–Crippen MR) is 115 cm³/mol. The average molecular weight is 409 g/mol. The topological polar surface area (TPSA) is 45.6 Å². The SMILES string of the molecule is C#CC1N2CCC(CC2)[C@@]1(O)c1ccc(OCCCCF)nc1Cc1ccccc1. The molecule has 1 N–H and O–H groups in total. The van der Waals surface area contributed by atoms with Crippen LogP contribution < -0.4 is 4.74 Å². The minimum atomic E-state index is -1.12. The standard InChI is InChI=1S/C25H29FN2O2/c1-2-23-25(29,20-12-15-28(23)16-13-20)21-10-11-24(30-17-7-6-14-26)27-22(21)18-19-8-4-3-5-9-19/h1,3-5,8-11,20,23,29H,6-7,12-18H2/t23?,25-/m1/s1. The molecular weight excluding hydrogens is 379 g/mol. The summed E-state index contributed by atoms with van der Waals surface area (Å²) in [6, 6.07) is 13.5. The van der Waals surface area contributed by atoms with Crippen LogP contribution in [0.2, 0.25) is 0 Å². The van der Waals surface area contributed by atoms with E-state index in [1.807, 2.05) is 30.3 Å². The molecule has 2 bridgehead atoms. The zero-order valence-electron chi connectivity index (χ0n) is 17.3. The number of unbranched alkanes of at least 4 members (excludes halogenated alkanes) is 1. The van der Waals surface area contributed by atoms with Crippen LogP contribution in [0.4, 0.5) is 4.39 Å². The minimum Gasteiger partial charge on any atom is -0.478 e. The lowest BCUT2D eigenvalue weighted by Gasteiger charge is -2.54. The lowest BCUT2D eigenvalue weighted by molar-refractivity contribution is -0.143. The third-order valence-corrected chi connectivity index (χ3v) is 6.46. The summed E-state index contributed by atoms with van der Waals surface area (Å²) in [5, 5.41) is 12.0. The van der Waals surface area contributed by atoms with Crippen molar-refractivity contribution in [1.29, 1.82) is 0 Å². The van der Waals surface area contributed by atoms with E-state index in [0.717, 1.165) is 42.8 Å². The fraction of sp³-hybridized carbons (Fsp3) is 0.480. The van der Waals surface area contributed by atoms with Crippen LogP contribution in [-0.2, 0) is 12.0 Å². The molecule has 2 atom stereocenters. The monoisotopic (exact) mass is 408 g/mol. The zero-order chi connectivity index (χ0) is 21.0. The second-order valence-electron chi connectivity index (χ2n) is 8.26. The fourth-order valence-corrected chi connectivity index (χ4v) is 4.92. The highest BCUT2D eigenvalue weighted by atomic mass is 19.1. The summed E-state index contributed by atoms with van der Waals surface area (Å²) < 4.78 is 18.1. The van der Waals surface area contributed by atoms with Crippen molar-refractivity contribution in [3.8, 4) is 18.2 Å². The molecule has 0 amide bonds. The molecule has 1 unspecified atom stereocenters. The number of hydrogen-bond acceptors (Lipinski definition) is 4. The molecule has 158 valence electrons. The van der Waals surface area contributed by atoms with Gasteiger partial charge in [-0.05, 0) is 56.3 Å². The number of fused-ring (bicyclic) bond motifs is 3. The van der Waals surface area contributed by atoms with Crippen molar-refractivity contribution in [3.05, 3.63) is 59.3 Å². The molecular formula is C25H29FN2O2. The highest BCUT2D eigenvalue weighted by molar-refractivity contribution is 5.39. The molecule has 2 aromatic rings. The minimum absolute atomic E-state index is 0.121. The van der Waals surface area contributed by atoms with Crippen LogP contribution in [0, 0.1) is 18.3 Å². The van der Waals surface area contributed by atoms with Gasteiger partial charge in [-0.1, -0.05) is 36.3 Å². The Morgan fingerprint density at radius 3 is 2.63 bits per heavy atom. The second kappa shape index (κ2) is 9.16. The van der Waals surface area contributed by atoms with E-state index >= 15 is 0 Å². The lowest BCUT2D eigenvalue weighted by atomic mass is 9.66. The first-order valence-electron chi connectivity index (χ1n) is 10.8. The molecule has 3 aliphatic heterocycles. The first-order chi connectivity index (χ1) is 14.7. The maximum Gasteiger partial charge on any atom is 0.213 e. The van der Waals surface area contributed by atoms with E-state index in [2.05, 4.69) is 23.0 Å². The molecule has 0 aliphatic carbocycles. The molecule has 3 fully saturated rings. The number of aromatic nitrogens is 1. The first-order valence-corrected chi connectivity index (χ1v) is 10.8. The Hall–Kier alpha value is -2.42. The van der Waals surface area contributed by atoms with Crippen molar-refractivity contribution in [2.45, 2.75) is 43.7 Å². The van der Waals surface area contributed by atoms with E-state index in [0.29, 0.717) is 31.7 Å². The third kappa shape index (κ3) is 3.95. The Labute approximate surface area is 178 Å². The predicted octanol–water partition coefficient (Wildman–Crippen LogP) is 3.72. The quantitative estimate of drug-likeness (QED) is 0.534. The Morgan fingerprint density at radius 2 is 1.93 bits per heavy atom. The van der Waals surface area contributed by atoms with Gasteiger partial charge in [-0.2, -0.15) is 0 Å². The van der Waals surface area contributed by atoms with E-state index in [9.17, 15) is 9.50 Å². The van der Waals surface area contributed by atoms with E-state index in [-0.39, 0.29) is 18.6 Å². The van der Waals surface area contributed by atoms with Crippen molar-refractivity contribution in [1.82, 2.24) is 9.88 Å². The summed E-state index contributed by atoms with van der Waals surface area (Å²) in [6.45, 7) is 1.94. The largest absolute Gasteiger partial charge is 0.478 e. The summed E-state index contributed by atoms with van der Waals surface area (Å²) in [5.41, 5.74) is 1.60. The van der Waals surface area contributed by atoms with Gasteiger partial charge >= 0.3 is 0 Å². The Morgan fingerprint density at radius 1 is 1.17 bits per heavy atom. The van der Waals surface area contributed by atoms with Crippen LogP contribution in [0.1, 0.15) is 42.5 Å². The van der Waals surface area contributed by atoms with Crippen LogP contribution in [0.25, 0.3) is 0 Å².